The molecule has 0 spiro atoms. The highest BCUT2D eigenvalue weighted by Crippen LogP contribution is 2.40. The molecule has 0 aromatic heterocycles. The lowest BCUT2D eigenvalue weighted by Crippen LogP contribution is -2.13. The van der Waals surface area contributed by atoms with Gasteiger partial charge < -0.3 is 0 Å². The van der Waals surface area contributed by atoms with Crippen LogP contribution >= 0.6 is 0 Å². The summed E-state index contributed by atoms with van der Waals surface area (Å²) in [5.74, 6) is 0. The van der Waals surface area contributed by atoms with Crippen LogP contribution in [0.2, 0.25) is 0 Å². The second-order valence-electron chi connectivity index (χ2n) is 4.33. The number of hydrogen-bond donors (Lipinski definition) is 0. The number of amides is 1. The van der Waals surface area contributed by atoms with Gasteiger partial charge in [0, 0.05) is 12.6 Å². The Kier molecular flexibility index (Phi) is 2.49. The molecule has 2 heteroatoms. The molecule has 0 fully saturated rings. The smallest absolute Gasteiger partial charge is 0.218 e. The van der Waals surface area contributed by atoms with Crippen LogP contribution in [-0.4, -0.2) is 6.41 Å². The van der Waals surface area contributed by atoms with Crippen molar-refractivity contribution in [2.75, 3.05) is 4.90 Å². The lowest BCUT2D eigenvalue weighted by atomic mass is 10.0. The minimum Gasteiger partial charge on any atom is -0.291 e. The molecule has 1 aliphatic carbocycles. The predicted molar refractivity (Wildman–Crippen MR) is 73.4 cm³/mol. The van der Waals surface area contributed by atoms with Gasteiger partial charge in [0.05, 0.1) is 5.69 Å². The van der Waals surface area contributed by atoms with Gasteiger partial charge in [-0.25, -0.2) is 0 Å². The van der Waals surface area contributed by atoms with E-state index in [1.807, 2.05) is 18.2 Å². The van der Waals surface area contributed by atoms with E-state index >= 15 is 0 Å². The van der Waals surface area contributed by atoms with Crippen molar-refractivity contribution in [2.24, 2.45) is 0 Å². The van der Waals surface area contributed by atoms with Crippen LogP contribution in [0.5, 0.6) is 0 Å². The molecular weight excluding hydrogens is 222 g/mol. The summed E-state index contributed by atoms with van der Waals surface area (Å²) in [4.78, 5) is 12.6. The van der Waals surface area contributed by atoms with E-state index in [0.717, 1.165) is 18.5 Å². The van der Waals surface area contributed by atoms with Gasteiger partial charge in [-0.15, -0.1) is 0 Å². The van der Waals surface area contributed by atoms with Crippen molar-refractivity contribution >= 4 is 12.1 Å². The van der Waals surface area contributed by atoms with Crippen molar-refractivity contribution in [1.82, 2.24) is 0 Å². The summed E-state index contributed by atoms with van der Waals surface area (Å²) >= 11 is 0. The molecule has 0 heterocycles. The predicted octanol–water partition coefficient (Wildman–Crippen LogP) is 3.36. The lowest BCUT2D eigenvalue weighted by Gasteiger charge is -2.16. The Bertz CT molecular complexity index is 623. The molecule has 0 atom stereocenters. The molecule has 0 radical (unpaired) electrons. The average molecular weight is 235 g/mol. The maximum absolute atomic E-state index is 11.1. The van der Waals surface area contributed by atoms with Gasteiger partial charge in [-0.2, -0.15) is 0 Å². The average Bonchev–Trinajstić information content (AvgIpc) is 2.80. The van der Waals surface area contributed by atoms with E-state index in [1.165, 1.54) is 27.2 Å². The first kappa shape index (κ1) is 10.8. The summed E-state index contributed by atoms with van der Waals surface area (Å²) in [7, 11) is 0. The van der Waals surface area contributed by atoms with Gasteiger partial charge in [0.1, 0.15) is 0 Å². The fourth-order valence-electron chi connectivity index (χ4n) is 2.58. The zero-order chi connectivity index (χ0) is 12.5. The molecule has 18 heavy (non-hydrogen) atoms. The standard InChI is InChI=1S/C16H13NO/c1-2-17(11-18)16-9-5-8-14-13-7-4-3-6-12(13)10-15(14)16/h2-9,11H,1,10H2. The third-order valence-electron chi connectivity index (χ3n) is 3.41. The zero-order valence-corrected chi connectivity index (χ0v) is 9.97. The van der Waals surface area contributed by atoms with Crippen molar-refractivity contribution in [3.05, 3.63) is 66.4 Å². The fourth-order valence-corrected chi connectivity index (χ4v) is 2.58. The summed E-state index contributed by atoms with van der Waals surface area (Å²) in [6, 6.07) is 14.4. The molecule has 0 bridgehead atoms. The van der Waals surface area contributed by atoms with Crippen molar-refractivity contribution < 1.29 is 4.79 Å². The topological polar surface area (TPSA) is 20.3 Å². The molecule has 0 unspecified atom stereocenters. The van der Waals surface area contributed by atoms with E-state index in [2.05, 4.69) is 30.8 Å². The van der Waals surface area contributed by atoms with E-state index < -0.39 is 0 Å². The number of anilines is 1. The number of fused-ring (bicyclic) bond motifs is 3. The Labute approximate surface area is 106 Å². The van der Waals surface area contributed by atoms with Gasteiger partial charge >= 0.3 is 0 Å². The maximum atomic E-state index is 11.1. The van der Waals surface area contributed by atoms with Crippen LogP contribution in [-0.2, 0) is 11.2 Å². The summed E-state index contributed by atoms with van der Waals surface area (Å²) in [6.07, 6.45) is 3.22. The number of carbonyl (C=O) groups excluding carboxylic acids is 1. The lowest BCUT2D eigenvalue weighted by molar-refractivity contribution is -0.106. The molecule has 0 N–H and O–H groups in total. The Morgan fingerprint density at radius 1 is 1.06 bits per heavy atom. The van der Waals surface area contributed by atoms with E-state index in [1.54, 1.807) is 6.20 Å². The number of hydrogen-bond acceptors (Lipinski definition) is 1. The molecule has 3 rings (SSSR count). The molecule has 0 saturated carbocycles. The van der Waals surface area contributed by atoms with E-state index in [-0.39, 0.29) is 0 Å². The molecule has 0 aliphatic heterocycles. The Morgan fingerprint density at radius 3 is 2.61 bits per heavy atom. The third-order valence-corrected chi connectivity index (χ3v) is 3.41. The van der Waals surface area contributed by atoms with Crippen LogP contribution < -0.4 is 4.90 Å². The van der Waals surface area contributed by atoms with Gasteiger partial charge in [0.25, 0.3) is 0 Å². The number of rotatable bonds is 3. The molecule has 0 saturated heterocycles. The largest absolute Gasteiger partial charge is 0.291 e. The second kappa shape index (κ2) is 4.15. The molecule has 2 aromatic rings. The summed E-state index contributed by atoms with van der Waals surface area (Å²) in [5.41, 5.74) is 5.93. The van der Waals surface area contributed by atoms with Crippen LogP contribution in [0.25, 0.3) is 11.1 Å². The van der Waals surface area contributed by atoms with Gasteiger partial charge in [-0.3, -0.25) is 9.69 Å². The Balaban J connectivity index is 2.19. The van der Waals surface area contributed by atoms with E-state index in [0.29, 0.717) is 0 Å². The number of benzene rings is 2. The highest BCUT2D eigenvalue weighted by Gasteiger charge is 2.21. The SMILES string of the molecule is C=CN(C=O)c1cccc2c1Cc1ccccc1-2. The first-order valence-corrected chi connectivity index (χ1v) is 5.91. The zero-order valence-electron chi connectivity index (χ0n) is 9.97. The normalized spacial score (nSPS) is 11.6. The minimum absolute atomic E-state index is 0.797. The van der Waals surface area contributed by atoms with E-state index in [9.17, 15) is 4.79 Å². The van der Waals surface area contributed by atoms with Gasteiger partial charge in [0.15, 0.2) is 0 Å². The first-order valence-electron chi connectivity index (χ1n) is 5.91. The fraction of sp³-hybridized carbons (Fsp3) is 0.0625. The molecular formula is C16H13NO. The van der Waals surface area contributed by atoms with Crippen molar-refractivity contribution in [3.63, 3.8) is 0 Å². The van der Waals surface area contributed by atoms with Crippen LogP contribution in [0.4, 0.5) is 5.69 Å². The van der Waals surface area contributed by atoms with Crippen molar-refractivity contribution in [2.45, 2.75) is 6.42 Å². The monoisotopic (exact) mass is 235 g/mol. The van der Waals surface area contributed by atoms with Crippen LogP contribution in [0.15, 0.2) is 55.2 Å². The summed E-state index contributed by atoms with van der Waals surface area (Å²) in [5, 5.41) is 0. The quantitative estimate of drug-likeness (QED) is 0.637. The molecule has 88 valence electrons. The minimum atomic E-state index is 0.797. The van der Waals surface area contributed by atoms with Crippen LogP contribution in [0.1, 0.15) is 11.1 Å². The van der Waals surface area contributed by atoms with E-state index in [4.69, 9.17) is 0 Å². The molecule has 2 aromatic carbocycles. The third kappa shape index (κ3) is 1.46. The number of nitrogens with zero attached hydrogens (tertiary/aromatic N) is 1. The van der Waals surface area contributed by atoms with Gasteiger partial charge in [-0.05, 0) is 28.3 Å². The Hall–Kier alpha value is -2.35. The van der Waals surface area contributed by atoms with Crippen LogP contribution in [0, 0.1) is 0 Å². The maximum Gasteiger partial charge on any atom is 0.218 e. The number of carbonyl (C=O) groups is 1. The van der Waals surface area contributed by atoms with Gasteiger partial charge in [0.2, 0.25) is 6.41 Å². The van der Waals surface area contributed by atoms with Gasteiger partial charge in [-0.1, -0.05) is 43.0 Å². The van der Waals surface area contributed by atoms with Crippen molar-refractivity contribution in [1.29, 1.82) is 0 Å². The molecule has 1 aliphatic rings. The molecule has 2 nitrogen and oxygen atoms in total. The second-order valence-corrected chi connectivity index (χ2v) is 4.33. The van der Waals surface area contributed by atoms with Crippen LogP contribution in [0.3, 0.4) is 0 Å². The van der Waals surface area contributed by atoms with Crippen molar-refractivity contribution in [3.8, 4) is 11.1 Å². The first-order chi connectivity index (χ1) is 8.85. The summed E-state index contributed by atoms with van der Waals surface area (Å²) < 4.78 is 0. The Morgan fingerprint density at radius 2 is 1.83 bits per heavy atom. The highest BCUT2D eigenvalue weighted by atomic mass is 16.1. The summed E-state index contributed by atoms with van der Waals surface area (Å²) in [6.45, 7) is 3.68. The highest BCUT2D eigenvalue weighted by molar-refractivity contribution is 5.88. The molecule has 1 amide bonds.